The molecule has 1 aliphatic heterocycles. The van der Waals surface area contributed by atoms with Crippen molar-refractivity contribution in [3.8, 4) is 5.75 Å². The predicted molar refractivity (Wildman–Crippen MR) is 69.4 cm³/mol. The monoisotopic (exact) mass is 290 g/mol. The maximum atomic E-state index is 13.5. The summed E-state index contributed by atoms with van der Waals surface area (Å²) < 4.78 is 42.2. The maximum Gasteiger partial charge on any atom is 0.387 e. The molecular weight excluding hydrogens is 273 g/mol. The summed E-state index contributed by atoms with van der Waals surface area (Å²) >= 11 is 0. The van der Waals surface area contributed by atoms with Crippen LogP contribution in [0.5, 0.6) is 5.75 Å². The topological polar surface area (TPSA) is 58.7 Å². The van der Waals surface area contributed by atoms with Crippen LogP contribution in [0.4, 0.5) is 24.5 Å². The van der Waals surface area contributed by atoms with E-state index < -0.39 is 18.2 Å². The van der Waals surface area contributed by atoms with Crippen LogP contribution in [-0.4, -0.2) is 30.9 Å². The van der Waals surface area contributed by atoms with Crippen LogP contribution in [0.25, 0.3) is 0 Å². The van der Waals surface area contributed by atoms with Crippen LogP contribution in [0.1, 0.15) is 13.3 Å². The van der Waals surface area contributed by atoms with E-state index in [4.69, 9.17) is 5.73 Å². The first-order valence-electron chi connectivity index (χ1n) is 6.35. The summed E-state index contributed by atoms with van der Waals surface area (Å²) in [6, 6.07) is 1.96. The average molecular weight is 290 g/mol. The molecule has 2 atom stereocenters. The summed E-state index contributed by atoms with van der Waals surface area (Å²) in [4.78, 5) is 1.80. The number of hydrogen-bond donors (Lipinski definition) is 2. The Kier molecular flexibility index (Phi) is 4.27. The molecule has 20 heavy (non-hydrogen) atoms. The summed E-state index contributed by atoms with van der Waals surface area (Å²) in [6.45, 7) is -0.580. The molecule has 0 spiro atoms. The van der Waals surface area contributed by atoms with E-state index in [2.05, 4.69) is 4.74 Å². The number of nitrogens with zero attached hydrogens (tertiary/aromatic N) is 1. The Bertz CT molecular complexity index is 485. The first kappa shape index (κ1) is 14.8. The minimum absolute atomic E-state index is 0.0803. The molecule has 2 rings (SSSR count). The van der Waals surface area contributed by atoms with E-state index in [0.29, 0.717) is 12.2 Å². The highest BCUT2D eigenvalue weighted by Crippen LogP contribution is 2.37. The van der Waals surface area contributed by atoms with Crippen LogP contribution in [-0.2, 0) is 0 Å². The first-order chi connectivity index (χ1) is 9.43. The molecule has 112 valence electrons. The van der Waals surface area contributed by atoms with Gasteiger partial charge < -0.3 is 20.5 Å². The van der Waals surface area contributed by atoms with Gasteiger partial charge in [-0.25, -0.2) is 4.39 Å². The van der Waals surface area contributed by atoms with Gasteiger partial charge in [-0.2, -0.15) is 8.78 Å². The van der Waals surface area contributed by atoms with Gasteiger partial charge in [0.2, 0.25) is 0 Å². The summed E-state index contributed by atoms with van der Waals surface area (Å²) in [7, 11) is 0. The Balaban J connectivity index is 2.36. The molecule has 1 saturated heterocycles. The van der Waals surface area contributed by atoms with Crippen molar-refractivity contribution in [2.24, 2.45) is 5.92 Å². The Hall–Kier alpha value is -1.63. The van der Waals surface area contributed by atoms with Crippen LogP contribution in [0.2, 0.25) is 0 Å². The van der Waals surface area contributed by atoms with Crippen molar-refractivity contribution in [1.29, 1.82) is 0 Å². The third-order valence-corrected chi connectivity index (χ3v) is 3.68. The molecule has 0 radical (unpaired) electrons. The van der Waals surface area contributed by atoms with Gasteiger partial charge in [0.1, 0.15) is 0 Å². The van der Waals surface area contributed by atoms with Gasteiger partial charge in [-0.05, 0) is 12.3 Å². The van der Waals surface area contributed by atoms with Gasteiger partial charge in [0.25, 0.3) is 0 Å². The van der Waals surface area contributed by atoms with Gasteiger partial charge in [0.15, 0.2) is 11.6 Å². The van der Waals surface area contributed by atoms with Gasteiger partial charge in [-0.3, -0.25) is 0 Å². The number of benzene rings is 1. The lowest BCUT2D eigenvalue weighted by atomic mass is 10.0. The Morgan fingerprint density at radius 3 is 2.80 bits per heavy atom. The molecule has 0 saturated carbocycles. The Morgan fingerprint density at radius 1 is 1.50 bits per heavy atom. The molecule has 0 aromatic heterocycles. The molecule has 0 bridgehead atoms. The highest BCUT2D eigenvalue weighted by molar-refractivity contribution is 5.71. The fraction of sp³-hybridized carbons (Fsp3) is 0.538. The maximum absolute atomic E-state index is 13.5. The quantitative estimate of drug-likeness (QED) is 0.835. The summed E-state index contributed by atoms with van der Waals surface area (Å²) in [6.07, 6.45) is 0.840. The number of halogens is 3. The van der Waals surface area contributed by atoms with Gasteiger partial charge in [0.05, 0.1) is 24.0 Å². The lowest BCUT2D eigenvalue weighted by Crippen LogP contribution is -2.35. The van der Waals surface area contributed by atoms with E-state index in [1.54, 1.807) is 4.90 Å². The van der Waals surface area contributed by atoms with Gasteiger partial charge >= 0.3 is 6.61 Å². The number of anilines is 2. The van der Waals surface area contributed by atoms with Crippen LogP contribution in [0, 0.1) is 11.7 Å². The molecule has 0 aliphatic carbocycles. The van der Waals surface area contributed by atoms with Crippen LogP contribution in [0.15, 0.2) is 12.1 Å². The average Bonchev–Trinajstić information content (AvgIpc) is 2.73. The second kappa shape index (κ2) is 5.78. The second-order valence-electron chi connectivity index (χ2n) is 4.93. The van der Waals surface area contributed by atoms with Gasteiger partial charge in [0, 0.05) is 18.7 Å². The number of ether oxygens (including phenoxy) is 1. The molecule has 4 nitrogen and oxygen atoms in total. The number of nitrogen functional groups attached to an aromatic ring is 1. The van der Waals surface area contributed by atoms with Crippen LogP contribution in [0.3, 0.4) is 0 Å². The SMILES string of the molecule is CC1CCN(c2cc(OC(F)F)c(F)cc2N)C1CO. The van der Waals surface area contributed by atoms with E-state index in [1.165, 1.54) is 0 Å². The molecule has 0 amide bonds. The fourth-order valence-corrected chi connectivity index (χ4v) is 2.58. The Morgan fingerprint density at radius 2 is 2.20 bits per heavy atom. The molecule has 1 aromatic carbocycles. The lowest BCUT2D eigenvalue weighted by molar-refractivity contribution is -0.0521. The van der Waals surface area contributed by atoms with Crippen molar-refractivity contribution in [3.63, 3.8) is 0 Å². The lowest BCUT2D eigenvalue weighted by Gasteiger charge is -2.28. The molecule has 1 heterocycles. The standard InChI is InChI=1S/C13H17F3N2O2/c1-7-2-3-18(11(7)6-19)10-5-12(20-13(15)16)8(14)4-9(10)17/h4-5,7,11,13,19H,2-3,6,17H2,1H3. The molecular formula is C13H17F3N2O2. The van der Waals surface area contributed by atoms with Gasteiger partial charge in [-0.1, -0.05) is 6.92 Å². The molecule has 2 unspecified atom stereocenters. The number of nitrogens with two attached hydrogens (primary N) is 1. The van der Waals surface area contributed by atoms with Crippen molar-refractivity contribution in [2.75, 3.05) is 23.8 Å². The molecule has 7 heteroatoms. The number of alkyl halides is 2. The number of aliphatic hydroxyl groups excluding tert-OH is 1. The Labute approximate surface area is 114 Å². The highest BCUT2D eigenvalue weighted by atomic mass is 19.3. The molecule has 1 fully saturated rings. The van der Waals surface area contributed by atoms with E-state index in [1.807, 2.05) is 6.92 Å². The fourth-order valence-electron chi connectivity index (χ4n) is 2.58. The van der Waals surface area contributed by atoms with Crippen molar-refractivity contribution in [2.45, 2.75) is 26.0 Å². The third-order valence-electron chi connectivity index (χ3n) is 3.68. The van der Waals surface area contributed by atoms with E-state index in [9.17, 15) is 18.3 Å². The number of rotatable bonds is 4. The van der Waals surface area contributed by atoms with Crippen molar-refractivity contribution >= 4 is 11.4 Å². The van der Waals surface area contributed by atoms with E-state index in [0.717, 1.165) is 18.6 Å². The molecule has 1 aromatic rings. The third kappa shape index (κ3) is 2.77. The predicted octanol–water partition coefficient (Wildman–Crippen LogP) is 2.22. The van der Waals surface area contributed by atoms with Crippen molar-refractivity contribution < 1.29 is 23.0 Å². The highest BCUT2D eigenvalue weighted by Gasteiger charge is 2.32. The van der Waals surface area contributed by atoms with Crippen LogP contribution < -0.4 is 15.4 Å². The smallest absolute Gasteiger partial charge is 0.387 e. The summed E-state index contributed by atoms with van der Waals surface area (Å²) in [5.74, 6) is -1.23. The van der Waals surface area contributed by atoms with Gasteiger partial charge in [-0.15, -0.1) is 0 Å². The van der Waals surface area contributed by atoms with Crippen molar-refractivity contribution in [1.82, 2.24) is 0 Å². The van der Waals surface area contributed by atoms with Crippen molar-refractivity contribution in [3.05, 3.63) is 17.9 Å². The van der Waals surface area contributed by atoms with Crippen LogP contribution >= 0.6 is 0 Å². The molecule has 3 N–H and O–H groups in total. The van der Waals surface area contributed by atoms with E-state index in [-0.39, 0.29) is 24.3 Å². The first-order valence-corrected chi connectivity index (χ1v) is 6.35. The molecule has 1 aliphatic rings. The summed E-state index contributed by atoms with van der Waals surface area (Å²) in [5, 5.41) is 9.42. The largest absolute Gasteiger partial charge is 0.432 e. The summed E-state index contributed by atoms with van der Waals surface area (Å²) in [5.41, 5.74) is 6.30. The normalized spacial score (nSPS) is 22.6. The van der Waals surface area contributed by atoms with E-state index >= 15 is 0 Å². The zero-order valence-corrected chi connectivity index (χ0v) is 11.0. The minimum Gasteiger partial charge on any atom is -0.432 e. The number of hydrogen-bond acceptors (Lipinski definition) is 4. The second-order valence-corrected chi connectivity index (χ2v) is 4.93. The number of aliphatic hydroxyl groups is 1. The zero-order valence-electron chi connectivity index (χ0n) is 11.0. The minimum atomic E-state index is -3.10. The zero-order chi connectivity index (χ0) is 14.9.